The average molecular weight is 512 g/mol. The molecule has 0 unspecified atom stereocenters. The lowest BCUT2D eigenvalue weighted by Gasteiger charge is -2.29. The first-order chi connectivity index (χ1) is 17.9. The smallest absolute Gasteiger partial charge is 0.255 e. The van der Waals surface area contributed by atoms with Gasteiger partial charge in [0.2, 0.25) is 11.1 Å². The van der Waals surface area contributed by atoms with Crippen LogP contribution in [0.15, 0.2) is 89.2 Å². The molecule has 0 fully saturated rings. The van der Waals surface area contributed by atoms with Crippen LogP contribution in [0.25, 0.3) is 0 Å². The molecule has 4 aromatic rings. The normalized spacial score (nSPS) is 14.6. The largest absolute Gasteiger partial charge is 0.497 e. The number of rotatable bonds is 7. The molecule has 0 saturated carbocycles. The lowest BCUT2D eigenvalue weighted by Crippen LogP contribution is -2.31. The third-order valence-electron chi connectivity index (χ3n) is 6.35. The van der Waals surface area contributed by atoms with Crippen LogP contribution in [-0.2, 0) is 10.5 Å². The number of aromatic nitrogens is 3. The summed E-state index contributed by atoms with van der Waals surface area (Å²) in [6, 6.07) is 23.4. The van der Waals surface area contributed by atoms with E-state index in [1.165, 1.54) is 11.1 Å². The fourth-order valence-corrected chi connectivity index (χ4v) is 5.21. The highest BCUT2D eigenvalue weighted by atomic mass is 32.2. The minimum Gasteiger partial charge on any atom is -0.497 e. The molecule has 2 heterocycles. The Kier molecular flexibility index (Phi) is 7.01. The third kappa shape index (κ3) is 5.24. The van der Waals surface area contributed by atoms with Crippen molar-refractivity contribution in [3.63, 3.8) is 0 Å². The summed E-state index contributed by atoms with van der Waals surface area (Å²) >= 11 is 1.57. The van der Waals surface area contributed by atoms with Crippen LogP contribution in [0.2, 0.25) is 0 Å². The zero-order valence-electron chi connectivity index (χ0n) is 21.3. The average Bonchev–Trinajstić information content (AvgIpc) is 3.30. The molecule has 1 aliphatic heterocycles. The van der Waals surface area contributed by atoms with Gasteiger partial charge in [0, 0.05) is 17.1 Å². The Bertz CT molecular complexity index is 1480. The molecule has 37 heavy (non-hydrogen) atoms. The molecular formula is C29H29N5O2S. The Morgan fingerprint density at radius 3 is 2.57 bits per heavy atom. The lowest BCUT2D eigenvalue weighted by atomic mass is 9.95. The summed E-state index contributed by atoms with van der Waals surface area (Å²) in [5, 5.41) is 11.9. The van der Waals surface area contributed by atoms with Gasteiger partial charge in [0.1, 0.15) is 11.8 Å². The molecule has 1 aromatic heterocycles. The summed E-state index contributed by atoms with van der Waals surface area (Å²) in [4.78, 5) is 18.4. The minimum absolute atomic E-state index is 0.185. The number of amides is 1. The van der Waals surface area contributed by atoms with E-state index in [4.69, 9.17) is 14.8 Å². The van der Waals surface area contributed by atoms with Crippen LogP contribution in [0, 0.1) is 13.8 Å². The highest BCUT2D eigenvalue weighted by Gasteiger charge is 2.34. The number of allylic oxidation sites excluding steroid dienone is 1. The van der Waals surface area contributed by atoms with Gasteiger partial charge >= 0.3 is 0 Å². The summed E-state index contributed by atoms with van der Waals surface area (Å²) in [6.07, 6.45) is 0. The fraction of sp³-hybridized carbons (Fsp3) is 0.207. The number of para-hydroxylation sites is 1. The van der Waals surface area contributed by atoms with E-state index in [0.717, 1.165) is 34.0 Å². The van der Waals surface area contributed by atoms with Crippen molar-refractivity contribution >= 4 is 29.3 Å². The quantitative estimate of drug-likeness (QED) is 0.291. The van der Waals surface area contributed by atoms with Crippen LogP contribution >= 0.6 is 11.8 Å². The van der Waals surface area contributed by atoms with E-state index in [1.807, 2.05) is 62.4 Å². The number of nitrogens with one attached hydrogen (secondary N) is 2. The number of carbonyl (C=O) groups excluding carboxylic acids is 1. The molecule has 0 spiro atoms. The van der Waals surface area contributed by atoms with Crippen LogP contribution in [0.5, 0.6) is 5.75 Å². The lowest BCUT2D eigenvalue weighted by molar-refractivity contribution is -0.113. The second-order valence-corrected chi connectivity index (χ2v) is 9.99. The van der Waals surface area contributed by atoms with Crippen molar-refractivity contribution in [3.8, 4) is 5.75 Å². The third-order valence-corrected chi connectivity index (χ3v) is 7.26. The van der Waals surface area contributed by atoms with Gasteiger partial charge in [-0.2, -0.15) is 4.98 Å². The molecule has 3 aromatic carbocycles. The molecule has 2 N–H and O–H groups in total. The first kappa shape index (κ1) is 24.6. The van der Waals surface area contributed by atoms with E-state index >= 15 is 0 Å². The molecule has 0 aliphatic carbocycles. The number of methoxy groups -OCH3 is 1. The van der Waals surface area contributed by atoms with Crippen molar-refractivity contribution < 1.29 is 9.53 Å². The fourth-order valence-electron chi connectivity index (χ4n) is 4.43. The van der Waals surface area contributed by atoms with E-state index in [-0.39, 0.29) is 5.91 Å². The van der Waals surface area contributed by atoms with Crippen molar-refractivity contribution in [1.82, 2.24) is 14.8 Å². The summed E-state index contributed by atoms with van der Waals surface area (Å²) in [5.41, 5.74) is 6.45. The minimum atomic E-state index is -0.452. The maximum absolute atomic E-state index is 13.7. The molecular weight excluding hydrogens is 482 g/mol. The number of hydrogen-bond acceptors (Lipinski definition) is 6. The van der Waals surface area contributed by atoms with Gasteiger partial charge in [0.15, 0.2) is 0 Å². The van der Waals surface area contributed by atoms with E-state index in [1.54, 1.807) is 23.6 Å². The highest BCUT2D eigenvalue weighted by Crippen LogP contribution is 2.37. The number of carbonyl (C=O) groups is 1. The standard InChI is InChI=1S/C29H29N5O2S/c1-18-8-7-10-21(16-18)17-37-29-32-28-30-20(3)25(27(35)31-24-11-6-5-9-19(24)2)26(34(28)33-29)22-12-14-23(36-4)15-13-22/h5-16,26H,17H2,1-4H3,(H,31,35)(H,30,32,33)/t26-/m1/s1. The number of anilines is 2. The molecule has 1 atom stereocenters. The summed E-state index contributed by atoms with van der Waals surface area (Å²) in [7, 11) is 1.64. The zero-order valence-corrected chi connectivity index (χ0v) is 22.1. The molecule has 188 valence electrons. The van der Waals surface area contributed by atoms with Crippen molar-refractivity contribution in [1.29, 1.82) is 0 Å². The van der Waals surface area contributed by atoms with Crippen LogP contribution in [-0.4, -0.2) is 27.8 Å². The molecule has 8 heteroatoms. The Hall–Kier alpha value is -4.04. The Morgan fingerprint density at radius 2 is 1.84 bits per heavy atom. The van der Waals surface area contributed by atoms with Crippen molar-refractivity contribution in [2.75, 3.05) is 17.7 Å². The number of ether oxygens (including phenoxy) is 1. The molecule has 0 bridgehead atoms. The van der Waals surface area contributed by atoms with Gasteiger partial charge in [-0.05, 0) is 55.7 Å². The van der Waals surface area contributed by atoms with Crippen molar-refractivity contribution in [2.45, 2.75) is 37.7 Å². The Labute approximate surface area is 221 Å². The predicted octanol–water partition coefficient (Wildman–Crippen LogP) is 6.12. The first-order valence-corrected chi connectivity index (χ1v) is 13.0. The molecule has 1 amide bonds. The molecule has 0 saturated heterocycles. The van der Waals surface area contributed by atoms with Crippen LogP contribution in [0.3, 0.4) is 0 Å². The van der Waals surface area contributed by atoms with Gasteiger partial charge in [0.05, 0.1) is 12.7 Å². The summed E-state index contributed by atoms with van der Waals surface area (Å²) < 4.78 is 7.16. The predicted molar refractivity (Wildman–Crippen MR) is 148 cm³/mol. The second-order valence-electron chi connectivity index (χ2n) is 9.05. The van der Waals surface area contributed by atoms with Crippen LogP contribution in [0.1, 0.15) is 35.2 Å². The number of benzene rings is 3. The van der Waals surface area contributed by atoms with E-state index in [0.29, 0.717) is 16.7 Å². The number of thioether (sulfide) groups is 1. The van der Waals surface area contributed by atoms with Gasteiger partial charge in [-0.25, -0.2) is 4.68 Å². The Morgan fingerprint density at radius 1 is 1.05 bits per heavy atom. The van der Waals surface area contributed by atoms with Gasteiger partial charge in [-0.15, -0.1) is 5.10 Å². The number of aryl methyl sites for hydroxylation is 2. The number of nitrogens with zero attached hydrogens (tertiary/aromatic N) is 3. The van der Waals surface area contributed by atoms with Gasteiger partial charge in [-0.3, -0.25) is 4.79 Å². The summed E-state index contributed by atoms with van der Waals surface area (Å²) in [5.74, 6) is 1.93. The molecule has 5 rings (SSSR count). The van der Waals surface area contributed by atoms with E-state index < -0.39 is 6.04 Å². The maximum atomic E-state index is 13.7. The van der Waals surface area contributed by atoms with Crippen LogP contribution < -0.4 is 15.4 Å². The summed E-state index contributed by atoms with van der Waals surface area (Å²) in [6.45, 7) is 5.97. The van der Waals surface area contributed by atoms with Crippen molar-refractivity contribution in [2.24, 2.45) is 0 Å². The number of fused-ring (bicyclic) bond motifs is 1. The van der Waals surface area contributed by atoms with Crippen LogP contribution in [0.4, 0.5) is 11.6 Å². The molecule has 7 nitrogen and oxygen atoms in total. The highest BCUT2D eigenvalue weighted by molar-refractivity contribution is 7.98. The maximum Gasteiger partial charge on any atom is 0.255 e. The molecule has 1 aliphatic rings. The van der Waals surface area contributed by atoms with E-state index in [9.17, 15) is 4.79 Å². The molecule has 0 radical (unpaired) electrons. The topological polar surface area (TPSA) is 81.1 Å². The van der Waals surface area contributed by atoms with Gasteiger partial charge in [0.25, 0.3) is 5.91 Å². The first-order valence-electron chi connectivity index (χ1n) is 12.1. The van der Waals surface area contributed by atoms with Gasteiger partial charge < -0.3 is 15.4 Å². The van der Waals surface area contributed by atoms with E-state index in [2.05, 4.69) is 41.8 Å². The van der Waals surface area contributed by atoms with Gasteiger partial charge in [-0.1, -0.05) is 71.9 Å². The zero-order chi connectivity index (χ0) is 25.9. The monoisotopic (exact) mass is 511 g/mol. The Balaban J connectivity index is 1.50. The SMILES string of the molecule is COc1ccc([C@@H]2C(C(=O)Nc3ccccc3C)=C(C)Nc3nc(SCc4cccc(C)c4)nn32)cc1. The second kappa shape index (κ2) is 10.5. The number of hydrogen-bond donors (Lipinski definition) is 2. The van der Waals surface area contributed by atoms with Crippen molar-refractivity contribution in [3.05, 3.63) is 106 Å².